The zero-order valence-electron chi connectivity index (χ0n) is 11.3. The molecule has 0 bridgehead atoms. The van der Waals surface area contributed by atoms with Crippen molar-refractivity contribution in [3.8, 4) is 0 Å². The SMILES string of the molecule is O=S(=O)([O-])c1cccc(I)c1.O=S(=O)([O-])c1cccc(I)c1.[Cd+2]. The van der Waals surface area contributed by atoms with E-state index in [1.165, 1.54) is 36.4 Å². The second-order valence-electron chi connectivity index (χ2n) is 3.82. The minimum atomic E-state index is -4.28. The first kappa shape index (κ1) is 23.6. The molecule has 0 aromatic heterocycles. The molecule has 120 valence electrons. The molecule has 0 radical (unpaired) electrons. The summed E-state index contributed by atoms with van der Waals surface area (Å²) < 4.78 is 64.0. The molecule has 0 saturated carbocycles. The quantitative estimate of drug-likeness (QED) is 0.274. The summed E-state index contributed by atoms with van der Waals surface area (Å²) >= 11 is 3.88. The number of benzene rings is 2. The summed E-state index contributed by atoms with van der Waals surface area (Å²) in [5.74, 6) is 0. The summed E-state index contributed by atoms with van der Waals surface area (Å²) in [6, 6.07) is 11.7. The summed E-state index contributed by atoms with van der Waals surface area (Å²) in [6.07, 6.45) is 0. The smallest absolute Gasteiger partial charge is 0.744 e. The third-order valence-corrected chi connectivity index (χ3v) is 5.17. The normalized spacial score (nSPS) is 11.0. The van der Waals surface area contributed by atoms with Crippen LogP contribution in [0.25, 0.3) is 0 Å². The minimum Gasteiger partial charge on any atom is -0.744 e. The second kappa shape index (κ2) is 9.95. The third-order valence-electron chi connectivity index (χ3n) is 2.17. The van der Waals surface area contributed by atoms with Crippen LogP contribution in [0.5, 0.6) is 0 Å². The van der Waals surface area contributed by atoms with Gasteiger partial charge < -0.3 is 9.11 Å². The molecule has 0 N–H and O–H groups in total. The van der Waals surface area contributed by atoms with E-state index in [2.05, 4.69) is 0 Å². The molecule has 23 heavy (non-hydrogen) atoms. The molecule has 0 amide bonds. The Hall–Kier alpha value is 0.642. The first-order chi connectivity index (χ1) is 10.00. The Kier molecular flexibility index (Phi) is 10.2. The van der Waals surface area contributed by atoms with Crippen LogP contribution in [-0.4, -0.2) is 25.9 Å². The van der Waals surface area contributed by atoms with Crippen molar-refractivity contribution in [3.63, 3.8) is 0 Å². The van der Waals surface area contributed by atoms with Gasteiger partial charge in [-0.1, -0.05) is 12.1 Å². The average Bonchev–Trinajstić information content (AvgIpc) is 2.37. The van der Waals surface area contributed by atoms with Gasteiger partial charge in [0.1, 0.15) is 20.2 Å². The first-order valence-corrected chi connectivity index (χ1v) is 10.4. The van der Waals surface area contributed by atoms with Crippen molar-refractivity contribution in [3.05, 3.63) is 55.7 Å². The zero-order valence-corrected chi connectivity index (χ0v) is 21.3. The van der Waals surface area contributed by atoms with Crippen LogP contribution < -0.4 is 0 Å². The maximum Gasteiger partial charge on any atom is 2.00 e. The van der Waals surface area contributed by atoms with E-state index in [-0.39, 0.29) is 37.1 Å². The molecule has 2 aromatic rings. The van der Waals surface area contributed by atoms with Gasteiger partial charge in [0.15, 0.2) is 0 Å². The molecule has 2 rings (SSSR count). The molecule has 0 heterocycles. The molecule has 0 aliphatic carbocycles. The summed E-state index contributed by atoms with van der Waals surface area (Å²) in [5.41, 5.74) is 0. The second-order valence-corrected chi connectivity index (χ2v) is 9.07. The van der Waals surface area contributed by atoms with Crippen molar-refractivity contribution in [2.45, 2.75) is 9.79 Å². The standard InChI is InChI=1S/2C6H5IO3S.Cd/c2*7-5-2-1-3-6(4-5)11(8,9)10;/h2*1-4H,(H,8,9,10);/q;;+2/p-2. The van der Waals surface area contributed by atoms with E-state index in [4.69, 9.17) is 0 Å². The van der Waals surface area contributed by atoms with Crippen molar-refractivity contribution >= 4 is 65.4 Å². The molecule has 0 fully saturated rings. The van der Waals surface area contributed by atoms with E-state index in [0.29, 0.717) is 0 Å². The molecule has 0 aliphatic rings. The summed E-state index contributed by atoms with van der Waals surface area (Å²) in [7, 11) is -8.56. The van der Waals surface area contributed by atoms with Gasteiger partial charge in [0, 0.05) is 7.14 Å². The average molecular weight is 679 g/mol. The maximum absolute atomic E-state index is 10.4. The number of hydrogen-bond donors (Lipinski definition) is 0. The van der Waals surface area contributed by atoms with Gasteiger partial charge in [-0.2, -0.15) is 0 Å². The van der Waals surface area contributed by atoms with Crippen LogP contribution in [-0.2, 0) is 47.5 Å². The third kappa shape index (κ3) is 9.05. The Morgan fingerprint density at radius 2 is 1.00 bits per heavy atom. The van der Waals surface area contributed by atoms with Gasteiger partial charge in [0.2, 0.25) is 0 Å². The Morgan fingerprint density at radius 1 is 0.696 bits per heavy atom. The van der Waals surface area contributed by atoms with Crippen LogP contribution >= 0.6 is 45.2 Å². The van der Waals surface area contributed by atoms with Crippen molar-refractivity contribution in [1.82, 2.24) is 0 Å². The fourth-order valence-electron chi connectivity index (χ4n) is 1.25. The first-order valence-electron chi connectivity index (χ1n) is 5.43. The van der Waals surface area contributed by atoms with E-state index in [1.54, 1.807) is 12.1 Å². The van der Waals surface area contributed by atoms with Crippen molar-refractivity contribution < 1.29 is 53.2 Å². The van der Waals surface area contributed by atoms with Gasteiger partial charge in [-0.25, -0.2) is 16.8 Å². The van der Waals surface area contributed by atoms with E-state index < -0.39 is 20.2 Å². The van der Waals surface area contributed by atoms with Gasteiger partial charge >= 0.3 is 27.3 Å². The fraction of sp³-hybridized carbons (Fsp3) is 0. The molecule has 0 aliphatic heterocycles. The van der Waals surface area contributed by atoms with Crippen LogP contribution in [0, 0.1) is 7.14 Å². The minimum absolute atomic E-state index is 0. The van der Waals surface area contributed by atoms with Gasteiger partial charge in [0.25, 0.3) is 0 Å². The van der Waals surface area contributed by atoms with Crippen LogP contribution in [0.2, 0.25) is 0 Å². The number of rotatable bonds is 2. The van der Waals surface area contributed by atoms with Crippen molar-refractivity contribution in [1.29, 1.82) is 0 Å². The molecule has 0 saturated heterocycles. The molecule has 0 atom stereocenters. The van der Waals surface area contributed by atoms with Crippen LogP contribution in [0.15, 0.2) is 58.3 Å². The summed E-state index contributed by atoms with van der Waals surface area (Å²) in [6.45, 7) is 0. The Labute approximate surface area is 182 Å². The topological polar surface area (TPSA) is 114 Å². The van der Waals surface area contributed by atoms with E-state index in [1.807, 2.05) is 45.2 Å². The summed E-state index contributed by atoms with van der Waals surface area (Å²) in [4.78, 5) is -0.353. The molecule has 11 heteroatoms. The van der Waals surface area contributed by atoms with Gasteiger partial charge in [-0.15, -0.1) is 0 Å². The van der Waals surface area contributed by atoms with Gasteiger partial charge in [-0.05, 0) is 81.6 Å². The number of hydrogen-bond acceptors (Lipinski definition) is 6. The monoisotopic (exact) mass is 680 g/mol. The molecular formula is C12H8CdI2O6S2. The predicted octanol–water partition coefficient (Wildman–Crippen LogP) is 2.39. The Balaban J connectivity index is 0.000000403. The molecule has 6 nitrogen and oxygen atoms in total. The van der Waals surface area contributed by atoms with Crippen molar-refractivity contribution in [2.75, 3.05) is 0 Å². The molecule has 2 aromatic carbocycles. The van der Waals surface area contributed by atoms with E-state index in [9.17, 15) is 25.9 Å². The van der Waals surface area contributed by atoms with E-state index >= 15 is 0 Å². The van der Waals surface area contributed by atoms with Crippen LogP contribution in [0.4, 0.5) is 0 Å². The van der Waals surface area contributed by atoms with Gasteiger partial charge in [0.05, 0.1) is 9.79 Å². The zero-order chi connectivity index (χ0) is 17.0. The van der Waals surface area contributed by atoms with Crippen molar-refractivity contribution in [2.24, 2.45) is 0 Å². The summed E-state index contributed by atoms with van der Waals surface area (Å²) in [5, 5.41) is 0. The Morgan fingerprint density at radius 3 is 1.17 bits per heavy atom. The largest absolute Gasteiger partial charge is 2.00 e. The number of halogens is 2. The van der Waals surface area contributed by atoms with Crippen LogP contribution in [0.3, 0.4) is 0 Å². The maximum atomic E-state index is 10.4. The molecular weight excluding hydrogens is 670 g/mol. The van der Waals surface area contributed by atoms with Gasteiger partial charge in [-0.3, -0.25) is 0 Å². The molecule has 0 unspecified atom stereocenters. The fourth-order valence-corrected chi connectivity index (χ4v) is 3.79. The van der Waals surface area contributed by atoms with Crippen LogP contribution in [0.1, 0.15) is 0 Å². The van der Waals surface area contributed by atoms with E-state index in [0.717, 1.165) is 7.14 Å². The Bertz CT molecular complexity index is 795. The molecule has 0 spiro atoms. The predicted molar refractivity (Wildman–Crippen MR) is 94.2 cm³/mol.